The highest BCUT2D eigenvalue weighted by atomic mass is 16.7. The molecule has 1 fully saturated rings. The third kappa shape index (κ3) is 3.93. The fourth-order valence-corrected chi connectivity index (χ4v) is 3.14. The Morgan fingerprint density at radius 3 is 2.79 bits per heavy atom. The van der Waals surface area contributed by atoms with Gasteiger partial charge in [-0.3, -0.25) is 4.79 Å². The lowest BCUT2D eigenvalue weighted by atomic mass is 10.0. The first-order valence-electron chi connectivity index (χ1n) is 9.00. The molecule has 1 aliphatic rings. The third-order valence-corrected chi connectivity index (χ3v) is 4.93. The average molecular weight is 394 g/mol. The number of carbonyl (C=O) groups is 1. The number of hydrogen-bond acceptors (Lipinski definition) is 10. The number of aromatic nitrogens is 3. The number of nitrogens with zero attached hydrogens (tertiary/aromatic N) is 2. The number of fused-ring (bicyclic) bond motifs is 1. The molecule has 0 amide bonds. The van der Waals surface area contributed by atoms with E-state index in [0.29, 0.717) is 22.4 Å². The van der Waals surface area contributed by atoms with E-state index in [4.69, 9.17) is 20.9 Å². The smallest absolute Gasteiger partial charge is 0.325 e. The Labute approximate surface area is 161 Å². The number of esters is 1. The summed E-state index contributed by atoms with van der Waals surface area (Å²) in [6, 6.07) is -1.87. The first-order valence-corrected chi connectivity index (χ1v) is 9.00. The molecule has 0 aliphatic carbocycles. The number of ether oxygens (including phenoxy) is 2. The summed E-state index contributed by atoms with van der Waals surface area (Å²) in [5.41, 5.74) is 13.3. The maximum Gasteiger partial charge on any atom is 0.325 e. The van der Waals surface area contributed by atoms with Gasteiger partial charge in [-0.05, 0) is 5.92 Å². The molecular weight excluding hydrogens is 368 g/mol. The monoisotopic (exact) mass is 394 g/mol. The van der Waals surface area contributed by atoms with Crippen molar-refractivity contribution in [1.82, 2.24) is 20.3 Å². The fourth-order valence-electron chi connectivity index (χ4n) is 3.14. The number of nitrogens with one attached hydrogen (secondary N) is 2. The number of hydrogen-bond donors (Lipinski definition) is 6. The van der Waals surface area contributed by atoms with Gasteiger partial charge in [0.25, 0.3) is 0 Å². The quantitative estimate of drug-likeness (QED) is 0.189. The highest BCUT2D eigenvalue weighted by Crippen LogP contribution is 2.32. The average Bonchev–Trinajstić information content (AvgIpc) is 3.21. The Balaban J connectivity index is 1.58. The molecule has 5 atom stereocenters. The van der Waals surface area contributed by atoms with Gasteiger partial charge in [0.05, 0.1) is 30.3 Å². The van der Waals surface area contributed by atoms with Crippen molar-refractivity contribution in [3.05, 3.63) is 18.1 Å². The Morgan fingerprint density at radius 2 is 2.07 bits per heavy atom. The van der Waals surface area contributed by atoms with Crippen LogP contribution in [0.25, 0.3) is 11.0 Å². The van der Waals surface area contributed by atoms with Gasteiger partial charge in [0.15, 0.2) is 12.6 Å². The van der Waals surface area contributed by atoms with Gasteiger partial charge in [0.1, 0.15) is 24.0 Å². The number of aliphatic hydroxyl groups is 2. The summed E-state index contributed by atoms with van der Waals surface area (Å²) >= 11 is 0. The second-order valence-electron chi connectivity index (χ2n) is 7.18. The summed E-state index contributed by atoms with van der Waals surface area (Å²) in [7, 11) is 0. The van der Waals surface area contributed by atoms with Crippen LogP contribution in [0.5, 0.6) is 0 Å². The highest BCUT2D eigenvalue weighted by Gasteiger charge is 2.43. The van der Waals surface area contributed by atoms with Crippen LogP contribution in [0, 0.1) is 5.92 Å². The molecule has 3 heterocycles. The fraction of sp³-hybridized carbons (Fsp3) is 0.588. The zero-order chi connectivity index (χ0) is 20.4. The molecule has 0 radical (unpaired) electrons. The zero-order valence-corrected chi connectivity index (χ0v) is 15.7. The van der Waals surface area contributed by atoms with Crippen LogP contribution in [0.2, 0.25) is 0 Å². The van der Waals surface area contributed by atoms with E-state index in [9.17, 15) is 15.0 Å². The standard InChI is InChI=1S/C17H26N6O5/c1-7(2)10(18)17(26)28-6-27-4-9-14(24)15(25)12(23-9)8-3-20-13-11(8)21-5-22-16(13)19/h3,5,7,9-10,12,14-15,20,23-25H,4,6,18H2,1-2H3,(H2,19,21,22)/t9-,10+,12+,14-,15+/m1/s1. The second kappa shape index (κ2) is 8.37. The summed E-state index contributed by atoms with van der Waals surface area (Å²) in [5, 5.41) is 23.9. The van der Waals surface area contributed by atoms with Crippen LogP contribution < -0.4 is 16.8 Å². The predicted molar refractivity (Wildman–Crippen MR) is 99.7 cm³/mol. The van der Waals surface area contributed by atoms with Crippen molar-refractivity contribution in [3.63, 3.8) is 0 Å². The summed E-state index contributed by atoms with van der Waals surface area (Å²) in [4.78, 5) is 22.8. The summed E-state index contributed by atoms with van der Waals surface area (Å²) in [6.07, 6.45) is 0.842. The number of nitrogen functional groups attached to an aromatic ring is 1. The molecule has 1 saturated heterocycles. The largest absolute Gasteiger partial charge is 0.437 e. The molecule has 8 N–H and O–H groups in total. The van der Waals surface area contributed by atoms with Crippen molar-refractivity contribution in [2.24, 2.45) is 11.7 Å². The molecule has 28 heavy (non-hydrogen) atoms. The van der Waals surface area contributed by atoms with E-state index < -0.39 is 36.3 Å². The second-order valence-corrected chi connectivity index (χ2v) is 7.18. The molecule has 0 bridgehead atoms. The number of aromatic amines is 1. The van der Waals surface area contributed by atoms with Crippen LogP contribution in [-0.2, 0) is 14.3 Å². The van der Waals surface area contributed by atoms with E-state index in [1.54, 1.807) is 6.20 Å². The molecule has 2 aromatic rings. The first kappa shape index (κ1) is 20.4. The normalized spacial score (nSPS) is 26.1. The van der Waals surface area contributed by atoms with E-state index in [1.807, 2.05) is 13.8 Å². The van der Waals surface area contributed by atoms with Crippen molar-refractivity contribution >= 4 is 22.8 Å². The predicted octanol–water partition coefficient (Wildman–Crippen LogP) is -1.22. The highest BCUT2D eigenvalue weighted by molar-refractivity contribution is 5.87. The molecule has 11 nitrogen and oxygen atoms in total. The third-order valence-electron chi connectivity index (χ3n) is 4.93. The van der Waals surface area contributed by atoms with Crippen molar-refractivity contribution in [3.8, 4) is 0 Å². The van der Waals surface area contributed by atoms with Crippen LogP contribution in [0.15, 0.2) is 12.5 Å². The molecule has 1 aliphatic heterocycles. The molecule has 0 aromatic carbocycles. The Hall–Kier alpha value is -2.31. The van der Waals surface area contributed by atoms with Gasteiger partial charge in [-0.1, -0.05) is 13.8 Å². The van der Waals surface area contributed by atoms with Gasteiger partial charge in [-0.2, -0.15) is 0 Å². The van der Waals surface area contributed by atoms with E-state index in [0.717, 1.165) is 0 Å². The SMILES string of the molecule is CC(C)[C@H](N)C(=O)OCOC[C@H]1N[C@@H](c2c[nH]c3c(N)ncnc23)[C@H](O)[C@@H]1O. The molecule has 2 aromatic heterocycles. The van der Waals surface area contributed by atoms with Crippen molar-refractivity contribution in [1.29, 1.82) is 0 Å². The lowest BCUT2D eigenvalue weighted by Gasteiger charge is -2.17. The Morgan fingerprint density at radius 1 is 1.32 bits per heavy atom. The minimum absolute atomic E-state index is 0.0262. The number of anilines is 1. The molecule has 11 heteroatoms. The first-order chi connectivity index (χ1) is 13.3. The maximum atomic E-state index is 11.7. The van der Waals surface area contributed by atoms with E-state index in [1.165, 1.54) is 6.33 Å². The van der Waals surface area contributed by atoms with Crippen LogP contribution >= 0.6 is 0 Å². The van der Waals surface area contributed by atoms with Crippen molar-refractivity contribution in [2.45, 2.75) is 44.2 Å². The van der Waals surface area contributed by atoms with Gasteiger partial charge in [0, 0.05) is 11.8 Å². The van der Waals surface area contributed by atoms with Gasteiger partial charge in [0.2, 0.25) is 0 Å². The van der Waals surface area contributed by atoms with Gasteiger partial charge >= 0.3 is 5.97 Å². The summed E-state index contributed by atoms with van der Waals surface area (Å²) in [5.74, 6) is -0.301. The molecule has 3 rings (SSSR count). The van der Waals surface area contributed by atoms with Gasteiger partial charge in [-0.15, -0.1) is 0 Å². The lowest BCUT2D eigenvalue weighted by Crippen LogP contribution is -2.39. The number of H-pyrrole nitrogens is 1. The molecule has 154 valence electrons. The minimum Gasteiger partial charge on any atom is -0.437 e. The number of rotatable bonds is 7. The van der Waals surface area contributed by atoms with Gasteiger partial charge in [-0.25, -0.2) is 9.97 Å². The van der Waals surface area contributed by atoms with Crippen LogP contribution in [-0.4, -0.2) is 68.8 Å². The maximum absolute atomic E-state index is 11.7. The van der Waals surface area contributed by atoms with Crippen LogP contribution in [0.4, 0.5) is 5.82 Å². The van der Waals surface area contributed by atoms with E-state index in [-0.39, 0.29) is 19.3 Å². The molecule has 0 unspecified atom stereocenters. The van der Waals surface area contributed by atoms with E-state index in [2.05, 4.69) is 20.3 Å². The summed E-state index contributed by atoms with van der Waals surface area (Å²) in [6.45, 7) is 3.37. The Kier molecular flexibility index (Phi) is 6.10. The number of aliphatic hydroxyl groups excluding tert-OH is 2. The number of nitrogens with two attached hydrogens (primary N) is 2. The van der Waals surface area contributed by atoms with Crippen molar-refractivity contribution < 1.29 is 24.5 Å². The van der Waals surface area contributed by atoms with E-state index >= 15 is 0 Å². The number of carbonyl (C=O) groups excluding carboxylic acids is 1. The van der Waals surface area contributed by atoms with Crippen molar-refractivity contribution in [2.75, 3.05) is 19.1 Å². The van der Waals surface area contributed by atoms with Gasteiger partial charge < -0.3 is 41.5 Å². The molecule has 0 saturated carbocycles. The molecule has 0 spiro atoms. The summed E-state index contributed by atoms with van der Waals surface area (Å²) < 4.78 is 10.3. The molecular formula is C17H26N6O5. The van der Waals surface area contributed by atoms with Crippen LogP contribution in [0.3, 0.4) is 0 Å². The lowest BCUT2D eigenvalue weighted by molar-refractivity contribution is -0.160. The topological polar surface area (TPSA) is 182 Å². The minimum atomic E-state index is -1.08. The van der Waals surface area contributed by atoms with Crippen LogP contribution in [0.1, 0.15) is 25.5 Å². The Bertz CT molecular complexity index is 827. The zero-order valence-electron chi connectivity index (χ0n) is 15.7.